The van der Waals surface area contributed by atoms with Gasteiger partial charge in [0.15, 0.2) is 0 Å². The minimum absolute atomic E-state index is 0.0266. The van der Waals surface area contributed by atoms with Gasteiger partial charge < -0.3 is 14.9 Å². The average molecular weight is 202 g/mol. The molecule has 1 unspecified atom stereocenters. The summed E-state index contributed by atoms with van der Waals surface area (Å²) in [5.74, 6) is -1.54. The van der Waals surface area contributed by atoms with Gasteiger partial charge in [0.25, 0.3) is 0 Å². The van der Waals surface area contributed by atoms with Crippen molar-refractivity contribution in [1.29, 1.82) is 0 Å². The topological polar surface area (TPSA) is 66.8 Å². The van der Waals surface area contributed by atoms with Crippen molar-refractivity contribution in [1.82, 2.24) is 0 Å². The van der Waals surface area contributed by atoms with Gasteiger partial charge in [-0.3, -0.25) is 4.79 Å². The van der Waals surface area contributed by atoms with Crippen molar-refractivity contribution >= 4 is 5.97 Å². The van der Waals surface area contributed by atoms with Crippen molar-refractivity contribution in [3.63, 3.8) is 0 Å². The van der Waals surface area contributed by atoms with E-state index in [2.05, 4.69) is 0 Å². The van der Waals surface area contributed by atoms with Crippen LogP contribution in [0.25, 0.3) is 0 Å². The highest BCUT2D eigenvalue weighted by Crippen LogP contribution is 2.42. The number of aliphatic carboxylic acids is 1. The summed E-state index contributed by atoms with van der Waals surface area (Å²) >= 11 is 0. The fourth-order valence-electron chi connectivity index (χ4n) is 2.09. The number of carboxylic acid groups (broad SMARTS) is 1. The molecule has 0 saturated heterocycles. The summed E-state index contributed by atoms with van der Waals surface area (Å²) in [6, 6.07) is 0. The Bertz CT molecular complexity index is 208. The fourth-order valence-corrected chi connectivity index (χ4v) is 2.09. The summed E-state index contributed by atoms with van der Waals surface area (Å²) in [7, 11) is 1.58. The number of hydrogen-bond acceptors (Lipinski definition) is 3. The highest BCUT2D eigenvalue weighted by atomic mass is 16.5. The van der Waals surface area contributed by atoms with Gasteiger partial charge >= 0.3 is 5.97 Å². The SMILES string of the molecule is CCCC(C(=O)O)C1(O)CC(OC)C1. The molecule has 82 valence electrons. The van der Waals surface area contributed by atoms with Crippen LogP contribution in [-0.4, -0.2) is 35.0 Å². The molecular formula is C10H18O4. The molecule has 1 fully saturated rings. The molecule has 0 heterocycles. The van der Waals surface area contributed by atoms with Crippen molar-refractivity contribution in [2.24, 2.45) is 5.92 Å². The fraction of sp³-hybridized carbons (Fsp3) is 0.900. The average Bonchev–Trinajstić information content (AvgIpc) is 2.08. The Morgan fingerprint density at radius 1 is 1.64 bits per heavy atom. The van der Waals surface area contributed by atoms with E-state index in [9.17, 15) is 9.90 Å². The molecule has 0 aromatic heterocycles. The molecule has 1 saturated carbocycles. The van der Waals surface area contributed by atoms with Gasteiger partial charge in [-0.2, -0.15) is 0 Å². The molecule has 4 heteroatoms. The normalized spacial score (nSPS) is 33.5. The Labute approximate surface area is 83.9 Å². The Balaban J connectivity index is 2.56. The lowest BCUT2D eigenvalue weighted by Gasteiger charge is -2.46. The van der Waals surface area contributed by atoms with Crippen molar-refractivity contribution < 1.29 is 19.7 Å². The van der Waals surface area contributed by atoms with E-state index in [-0.39, 0.29) is 6.10 Å². The Kier molecular flexibility index (Phi) is 3.50. The van der Waals surface area contributed by atoms with Crippen LogP contribution in [0.2, 0.25) is 0 Å². The van der Waals surface area contributed by atoms with Gasteiger partial charge in [0.2, 0.25) is 0 Å². The minimum atomic E-state index is -1.04. The maximum atomic E-state index is 10.9. The van der Waals surface area contributed by atoms with Gasteiger partial charge in [-0.25, -0.2) is 0 Å². The summed E-state index contributed by atoms with van der Waals surface area (Å²) in [5, 5.41) is 19.0. The third-order valence-corrected chi connectivity index (χ3v) is 3.02. The second kappa shape index (κ2) is 4.28. The predicted octanol–water partition coefficient (Wildman–Crippen LogP) is 1.03. The van der Waals surface area contributed by atoms with Crippen LogP contribution < -0.4 is 0 Å². The summed E-state index contributed by atoms with van der Waals surface area (Å²) in [6.45, 7) is 1.92. The van der Waals surface area contributed by atoms with E-state index in [4.69, 9.17) is 9.84 Å². The summed E-state index contributed by atoms with van der Waals surface area (Å²) < 4.78 is 5.04. The van der Waals surface area contributed by atoms with Crippen LogP contribution in [-0.2, 0) is 9.53 Å². The van der Waals surface area contributed by atoms with E-state index in [1.807, 2.05) is 6.92 Å². The summed E-state index contributed by atoms with van der Waals surface area (Å²) in [6.07, 6.45) is 2.22. The van der Waals surface area contributed by atoms with E-state index in [1.165, 1.54) is 0 Å². The van der Waals surface area contributed by atoms with Crippen LogP contribution in [0.4, 0.5) is 0 Å². The molecule has 1 atom stereocenters. The van der Waals surface area contributed by atoms with E-state index in [0.29, 0.717) is 19.3 Å². The highest BCUT2D eigenvalue weighted by Gasteiger charge is 2.51. The Morgan fingerprint density at radius 3 is 2.57 bits per heavy atom. The zero-order chi connectivity index (χ0) is 10.8. The Hall–Kier alpha value is -0.610. The quantitative estimate of drug-likeness (QED) is 0.698. The van der Waals surface area contributed by atoms with E-state index >= 15 is 0 Å². The van der Waals surface area contributed by atoms with Crippen LogP contribution in [0.5, 0.6) is 0 Å². The molecule has 0 spiro atoms. The number of rotatable bonds is 5. The number of carboxylic acids is 1. The lowest BCUT2D eigenvalue weighted by Crippen LogP contribution is -2.55. The molecule has 14 heavy (non-hydrogen) atoms. The van der Waals surface area contributed by atoms with E-state index in [0.717, 1.165) is 6.42 Å². The number of ether oxygens (including phenoxy) is 1. The number of methoxy groups -OCH3 is 1. The zero-order valence-corrected chi connectivity index (χ0v) is 8.69. The minimum Gasteiger partial charge on any atom is -0.481 e. The zero-order valence-electron chi connectivity index (χ0n) is 8.69. The molecule has 1 aliphatic carbocycles. The number of carbonyl (C=O) groups is 1. The lowest BCUT2D eigenvalue weighted by molar-refractivity contribution is -0.182. The van der Waals surface area contributed by atoms with Crippen molar-refractivity contribution in [2.45, 2.75) is 44.3 Å². The van der Waals surface area contributed by atoms with Crippen molar-refractivity contribution in [3.8, 4) is 0 Å². The molecule has 0 aromatic carbocycles. The molecule has 1 aliphatic rings. The summed E-state index contributed by atoms with van der Waals surface area (Å²) in [4.78, 5) is 10.9. The first-order chi connectivity index (χ1) is 6.53. The molecule has 0 aromatic rings. The maximum absolute atomic E-state index is 10.9. The molecule has 4 nitrogen and oxygen atoms in total. The van der Waals surface area contributed by atoms with Gasteiger partial charge in [0, 0.05) is 20.0 Å². The first-order valence-electron chi connectivity index (χ1n) is 5.01. The van der Waals surface area contributed by atoms with Gasteiger partial charge in [-0.15, -0.1) is 0 Å². The predicted molar refractivity (Wildman–Crippen MR) is 51.0 cm³/mol. The van der Waals surface area contributed by atoms with Crippen LogP contribution in [0.3, 0.4) is 0 Å². The molecule has 0 bridgehead atoms. The van der Waals surface area contributed by atoms with Crippen LogP contribution in [0.15, 0.2) is 0 Å². The van der Waals surface area contributed by atoms with Crippen LogP contribution in [0.1, 0.15) is 32.6 Å². The standard InChI is InChI=1S/C10H18O4/c1-3-4-8(9(11)12)10(13)5-7(6-10)14-2/h7-8,13H,3-6H2,1-2H3,(H,11,12). The third-order valence-electron chi connectivity index (χ3n) is 3.02. The lowest BCUT2D eigenvalue weighted by atomic mass is 9.68. The van der Waals surface area contributed by atoms with Crippen molar-refractivity contribution in [3.05, 3.63) is 0 Å². The smallest absolute Gasteiger partial charge is 0.309 e. The monoisotopic (exact) mass is 202 g/mol. The van der Waals surface area contributed by atoms with E-state index < -0.39 is 17.5 Å². The maximum Gasteiger partial charge on any atom is 0.309 e. The molecule has 1 rings (SSSR count). The largest absolute Gasteiger partial charge is 0.481 e. The third kappa shape index (κ3) is 2.07. The van der Waals surface area contributed by atoms with Gasteiger partial charge in [0.05, 0.1) is 17.6 Å². The highest BCUT2D eigenvalue weighted by molar-refractivity contribution is 5.71. The van der Waals surface area contributed by atoms with Gasteiger partial charge in [0.1, 0.15) is 0 Å². The first kappa shape index (κ1) is 11.5. The number of hydrogen-bond donors (Lipinski definition) is 2. The summed E-state index contributed by atoms with van der Waals surface area (Å²) in [5.41, 5.74) is -1.04. The molecule has 0 aliphatic heterocycles. The van der Waals surface area contributed by atoms with Crippen molar-refractivity contribution in [2.75, 3.05) is 7.11 Å². The van der Waals surface area contributed by atoms with Crippen LogP contribution >= 0.6 is 0 Å². The molecule has 0 radical (unpaired) electrons. The molecule has 2 N–H and O–H groups in total. The second-order valence-electron chi connectivity index (χ2n) is 4.05. The molecule has 0 amide bonds. The number of aliphatic hydroxyl groups is 1. The Morgan fingerprint density at radius 2 is 2.21 bits per heavy atom. The first-order valence-corrected chi connectivity index (χ1v) is 5.01. The van der Waals surface area contributed by atoms with Gasteiger partial charge in [-0.1, -0.05) is 13.3 Å². The van der Waals surface area contributed by atoms with Crippen LogP contribution in [0, 0.1) is 5.92 Å². The van der Waals surface area contributed by atoms with E-state index in [1.54, 1.807) is 7.11 Å². The molecular weight excluding hydrogens is 184 g/mol. The van der Waals surface area contributed by atoms with Gasteiger partial charge in [-0.05, 0) is 6.42 Å². The second-order valence-corrected chi connectivity index (χ2v) is 4.05.